The molecule has 1 aliphatic heterocycles. The molecule has 0 saturated carbocycles. The van der Waals surface area contributed by atoms with Crippen LogP contribution in [0.4, 0.5) is 0 Å². The zero-order chi connectivity index (χ0) is 17.1. The molecule has 1 aromatic heterocycles. The van der Waals surface area contributed by atoms with Crippen LogP contribution < -0.4 is 4.74 Å². The van der Waals surface area contributed by atoms with E-state index in [1.54, 1.807) is 12.1 Å². The highest BCUT2D eigenvalue weighted by atomic mass is 32.1. The van der Waals surface area contributed by atoms with Gasteiger partial charge < -0.3 is 4.74 Å². The first-order valence-corrected chi connectivity index (χ1v) is 9.37. The third kappa shape index (κ3) is 3.51. The van der Waals surface area contributed by atoms with Crippen molar-refractivity contribution in [2.75, 3.05) is 19.7 Å². The average Bonchev–Trinajstić information content (AvgIpc) is 3.28. The highest BCUT2D eigenvalue weighted by molar-refractivity contribution is 7.18. The van der Waals surface area contributed by atoms with Crippen molar-refractivity contribution in [1.82, 2.24) is 9.88 Å². The van der Waals surface area contributed by atoms with Gasteiger partial charge in [0.1, 0.15) is 17.4 Å². The van der Waals surface area contributed by atoms with E-state index in [4.69, 9.17) is 15.0 Å². The monoisotopic (exact) mass is 349 g/mol. The highest BCUT2D eigenvalue weighted by Crippen LogP contribution is 2.36. The van der Waals surface area contributed by atoms with Gasteiger partial charge in [-0.15, -0.1) is 11.3 Å². The smallest absolute Gasteiger partial charge is 0.119 e. The zero-order valence-electron chi connectivity index (χ0n) is 13.9. The van der Waals surface area contributed by atoms with Crippen LogP contribution in [0.25, 0.3) is 10.2 Å². The lowest BCUT2D eigenvalue weighted by molar-refractivity contribution is 0.197. The van der Waals surface area contributed by atoms with Crippen molar-refractivity contribution in [1.29, 1.82) is 5.26 Å². The van der Waals surface area contributed by atoms with E-state index >= 15 is 0 Å². The number of thiazole rings is 1. The lowest BCUT2D eigenvalue weighted by Gasteiger charge is -2.22. The van der Waals surface area contributed by atoms with Crippen molar-refractivity contribution in [3.05, 3.63) is 59.1 Å². The Morgan fingerprint density at radius 3 is 2.84 bits per heavy atom. The van der Waals surface area contributed by atoms with E-state index in [2.05, 4.69) is 29.2 Å². The third-order valence-corrected chi connectivity index (χ3v) is 5.73. The Morgan fingerprint density at radius 1 is 1.20 bits per heavy atom. The van der Waals surface area contributed by atoms with E-state index < -0.39 is 0 Å². The van der Waals surface area contributed by atoms with E-state index in [0.717, 1.165) is 30.8 Å². The van der Waals surface area contributed by atoms with Gasteiger partial charge in [0.25, 0.3) is 0 Å². The second kappa shape index (κ2) is 7.22. The predicted molar refractivity (Wildman–Crippen MR) is 99.8 cm³/mol. The third-order valence-electron chi connectivity index (χ3n) is 4.59. The first-order valence-electron chi connectivity index (χ1n) is 8.56. The molecule has 0 bridgehead atoms. The molecule has 1 aliphatic rings. The number of hydrogen-bond donors (Lipinski definition) is 0. The fourth-order valence-electron chi connectivity index (χ4n) is 3.31. The lowest BCUT2D eigenvalue weighted by Crippen LogP contribution is -2.28. The Kier molecular flexibility index (Phi) is 4.64. The molecule has 2 heterocycles. The maximum Gasteiger partial charge on any atom is 0.119 e. The first kappa shape index (κ1) is 16.1. The summed E-state index contributed by atoms with van der Waals surface area (Å²) in [6.45, 7) is 2.63. The summed E-state index contributed by atoms with van der Waals surface area (Å²) in [6, 6.07) is 18.2. The Hall–Kier alpha value is -2.42. The molecular weight excluding hydrogens is 330 g/mol. The van der Waals surface area contributed by atoms with Crippen LogP contribution in [-0.2, 0) is 0 Å². The van der Waals surface area contributed by atoms with Crippen molar-refractivity contribution in [3.8, 4) is 11.8 Å². The number of likely N-dealkylation sites (tertiary alicyclic amines) is 1. The summed E-state index contributed by atoms with van der Waals surface area (Å²) in [4.78, 5) is 7.31. The number of nitriles is 1. The molecular formula is C20H19N3OS. The van der Waals surface area contributed by atoms with Crippen LogP contribution in [0.5, 0.6) is 5.75 Å². The maximum absolute atomic E-state index is 8.84. The molecule has 1 atom stereocenters. The predicted octanol–water partition coefficient (Wildman–Crippen LogP) is 4.38. The Balaban J connectivity index is 1.38. The lowest BCUT2D eigenvalue weighted by atomic mass is 10.2. The van der Waals surface area contributed by atoms with Crippen molar-refractivity contribution < 1.29 is 4.74 Å². The summed E-state index contributed by atoms with van der Waals surface area (Å²) in [7, 11) is 0. The van der Waals surface area contributed by atoms with E-state index in [1.807, 2.05) is 29.5 Å². The summed E-state index contributed by atoms with van der Waals surface area (Å²) in [6.07, 6.45) is 2.37. The first-order chi connectivity index (χ1) is 12.3. The molecule has 2 aromatic carbocycles. The molecule has 4 rings (SSSR count). The summed E-state index contributed by atoms with van der Waals surface area (Å²) in [5.74, 6) is 0.815. The summed E-state index contributed by atoms with van der Waals surface area (Å²) in [5, 5.41) is 10.1. The van der Waals surface area contributed by atoms with E-state index in [1.165, 1.54) is 16.1 Å². The number of aromatic nitrogens is 1. The molecule has 0 radical (unpaired) electrons. The van der Waals surface area contributed by atoms with Gasteiger partial charge in [-0.2, -0.15) is 5.26 Å². The topological polar surface area (TPSA) is 49.1 Å². The average molecular weight is 349 g/mol. The van der Waals surface area contributed by atoms with E-state index in [9.17, 15) is 0 Å². The van der Waals surface area contributed by atoms with Gasteiger partial charge in [-0.05, 0) is 55.8 Å². The minimum atomic E-state index is 0.405. The fraction of sp³-hybridized carbons (Fsp3) is 0.300. The van der Waals surface area contributed by atoms with E-state index in [-0.39, 0.29) is 0 Å². The van der Waals surface area contributed by atoms with Crippen molar-refractivity contribution in [2.45, 2.75) is 18.9 Å². The van der Waals surface area contributed by atoms with Gasteiger partial charge in [0, 0.05) is 6.54 Å². The van der Waals surface area contributed by atoms with Crippen LogP contribution in [-0.4, -0.2) is 29.6 Å². The van der Waals surface area contributed by atoms with Crippen LogP contribution in [0.3, 0.4) is 0 Å². The number of hydrogen-bond acceptors (Lipinski definition) is 5. The SMILES string of the molecule is N#Cc1ccc(OCCN2CCCC2c2nc3ccccc3s2)cc1. The fourth-order valence-corrected chi connectivity index (χ4v) is 4.45. The molecule has 1 fully saturated rings. The van der Waals surface area contributed by atoms with Crippen molar-refractivity contribution >= 4 is 21.6 Å². The largest absolute Gasteiger partial charge is 0.492 e. The van der Waals surface area contributed by atoms with Gasteiger partial charge in [-0.25, -0.2) is 4.98 Å². The highest BCUT2D eigenvalue weighted by Gasteiger charge is 2.28. The number of nitrogens with zero attached hydrogens (tertiary/aromatic N) is 3. The summed E-state index contributed by atoms with van der Waals surface area (Å²) in [5.41, 5.74) is 1.76. The molecule has 0 N–H and O–H groups in total. The normalized spacial score (nSPS) is 17.6. The quantitative estimate of drug-likeness (QED) is 0.686. The Labute approximate surface area is 151 Å². The molecule has 3 aromatic rings. The molecule has 1 unspecified atom stereocenters. The molecule has 0 amide bonds. The van der Waals surface area contributed by atoms with Gasteiger partial charge in [-0.3, -0.25) is 4.90 Å². The molecule has 5 heteroatoms. The Bertz CT molecular complexity index is 864. The second-order valence-corrected chi connectivity index (χ2v) is 7.26. The molecule has 0 aliphatic carbocycles. The van der Waals surface area contributed by atoms with Gasteiger partial charge in [0.15, 0.2) is 0 Å². The van der Waals surface area contributed by atoms with Crippen LogP contribution in [0.2, 0.25) is 0 Å². The number of para-hydroxylation sites is 1. The molecule has 126 valence electrons. The van der Waals surface area contributed by atoms with Crippen LogP contribution in [0.15, 0.2) is 48.5 Å². The van der Waals surface area contributed by atoms with Crippen LogP contribution >= 0.6 is 11.3 Å². The number of benzene rings is 2. The van der Waals surface area contributed by atoms with Crippen LogP contribution in [0, 0.1) is 11.3 Å². The van der Waals surface area contributed by atoms with Crippen molar-refractivity contribution in [2.24, 2.45) is 0 Å². The zero-order valence-corrected chi connectivity index (χ0v) is 14.7. The van der Waals surface area contributed by atoms with E-state index in [0.29, 0.717) is 18.2 Å². The standard InChI is InChI=1S/C20H19N3OS/c21-14-15-7-9-16(10-8-15)24-13-12-23-11-3-5-18(23)20-22-17-4-1-2-6-19(17)25-20/h1-2,4,6-10,18H,3,5,11-13H2. The maximum atomic E-state index is 8.84. The number of rotatable bonds is 5. The molecule has 0 spiro atoms. The summed E-state index contributed by atoms with van der Waals surface area (Å²) < 4.78 is 7.10. The van der Waals surface area contributed by atoms with Gasteiger partial charge in [-0.1, -0.05) is 12.1 Å². The minimum absolute atomic E-state index is 0.405. The molecule has 25 heavy (non-hydrogen) atoms. The number of fused-ring (bicyclic) bond motifs is 1. The number of ether oxygens (including phenoxy) is 1. The summed E-state index contributed by atoms with van der Waals surface area (Å²) >= 11 is 1.81. The minimum Gasteiger partial charge on any atom is -0.492 e. The molecule has 1 saturated heterocycles. The van der Waals surface area contributed by atoms with Gasteiger partial charge >= 0.3 is 0 Å². The molecule has 4 nitrogen and oxygen atoms in total. The van der Waals surface area contributed by atoms with Crippen LogP contribution in [0.1, 0.15) is 29.5 Å². The van der Waals surface area contributed by atoms with Gasteiger partial charge in [0.2, 0.25) is 0 Å². The Morgan fingerprint density at radius 2 is 2.04 bits per heavy atom. The van der Waals surface area contributed by atoms with Gasteiger partial charge in [0.05, 0.1) is 27.9 Å². The second-order valence-electron chi connectivity index (χ2n) is 6.20. The van der Waals surface area contributed by atoms with Crippen molar-refractivity contribution in [3.63, 3.8) is 0 Å².